The number of methoxy groups -OCH3 is 2. The van der Waals surface area contributed by atoms with Crippen LogP contribution in [0.5, 0.6) is 5.75 Å². The zero-order valence-corrected chi connectivity index (χ0v) is 14.3. The molecule has 0 saturated carbocycles. The van der Waals surface area contributed by atoms with E-state index in [1.54, 1.807) is 7.11 Å². The predicted octanol–water partition coefficient (Wildman–Crippen LogP) is 3.89. The summed E-state index contributed by atoms with van der Waals surface area (Å²) in [5, 5.41) is 6.98. The topological polar surface area (TPSA) is 73.6 Å². The van der Waals surface area contributed by atoms with E-state index in [9.17, 15) is 9.18 Å². The van der Waals surface area contributed by atoms with Gasteiger partial charge >= 0.3 is 5.97 Å². The maximum atomic E-state index is 13.1. The van der Waals surface area contributed by atoms with Crippen molar-refractivity contribution in [1.29, 1.82) is 0 Å². The highest BCUT2D eigenvalue weighted by atomic mass is 19.1. The number of anilines is 1. The van der Waals surface area contributed by atoms with Crippen molar-refractivity contribution >= 4 is 11.9 Å². The third kappa shape index (κ3) is 3.66. The molecule has 7 heteroatoms. The van der Waals surface area contributed by atoms with Gasteiger partial charge < -0.3 is 19.3 Å². The van der Waals surface area contributed by atoms with Gasteiger partial charge in [0, 0.05) is 12.1 Å². The summed E-state index contributed by atoms with van der Waals surface area (Å²) in [6.07, 6.45) is 0. The number of nitrogens with one attached hydrogen (secondary N) is 1. The van der Waals surface area contributed by atoms with E-state index in [0.29, 0.717) is 12.1 Å². The maximum absolute atomic E-state index is 13.1. The molecule has 0 amide bonds. The molecule has 0 atom stereocenters. The largest absolute Gasteiger partial charge is 0.497 e. The monoisotopic (exact) mass is 356 g/mol. The Balaban J connectivity index is 1.89. The van der Waals surface area contributed by atoms with E-state index >= 15 is 0 Å². The van der Waals surface area contributed by atoms with Gasteiger partial charge in [0.15, 0.2) is 5.56 Å². The Morgan fingerprint density at radius 1 is 1.19 bits per heavy atom. The summed E-state index contributed by atoms with van der Waals surface area (Å²) in [6, 6.07) is 13.1. The molecule has 0 bridgehead atoms. The molecular formula is C19H17FN2O4. The van der Waals surface area contributed by atoms with E-state index < -0.39 is 5.97 Å². The van der Waals surface area contributed by atoms with Crippen molar-refractivity contribution in [3.05, 3.63) is 65.5 Å². The normalized spacial score (nSPS) is 10.4. The van der Waals surface area contributed by atoms with Gasteiger partial charge in [0.2, 0.25) is 5.88 Å². The second-order valence-electron chi connectivity index (χ2n) is 5.44. The van der Waals surface area contributed by atoms with Gasteiger partial charge in [0.05, 0.1) is 14.2 Å². The summed E-state index contributed by atoms with van der Waals surface area (Å²) in [6.45, 7) is 0.388. The van der Waals surface area contributed by atoms with Crippen LogP contribution in [0.1, 0.15) is 15.9 Å². The predicted molar refractivity (Wildman–Crippen MR) is 93.6 cm³/mol. The van der Waals surface area contributed by atoms with Gasteiger partial charge in [-0.15, -0.1) is 0 Å². The molecule has 1 aromatic heterocycles. The minimum atomic E-state index is -0.598. The first kappa shape index (κ1) is 17.5. The SMILES string of the molecule is COC(=O)c1c(-c2ccc(F)cc2)noc1NCc1cccc(OC)c1. The average Bonchev–Trinajstić information content (AvgIpc) is 3.10. The molecule has 0 radical (unpaired) electrons. The lowest BCUT2D eigenvalue weighted by Gasteiger charge is -2.07. The molecule has 0 saturated heterocycles. The van der Waals surface area contributed by atoms with Crippen molar-refractivity contribution in [3.8, 4) is 17.0 Å². The van der Waals surface area contributed by atoms with Crippen LogP contribution in [0.3, 0.4) is 0 Å². The van der Waals surface area contributed by atoms with Crippen molar-refractivity contribution in [1.82, 2.24) is 5.16 Å². The zero-order valence-electron chi connectivity index (χ0n) is 14.3. The van der Waals surface area contributed by atoms with Crippen LogP contribution < -0.4 is 10.1 Å². The second kappa shape index (κ2) is 7.69. The number of carbonyl (C=O) groups is 1. The number of halogens is 1. The van der Waals surface area contributed by atoms with Crippen LogP contribution in [0.2, 0.25) is 0 Å². The molecule has 3 rings (SSSR count). The van der Waals surface area contributed by atoms with Crippen molar-refractivity contribution in [2.45, 2.75) is 6.54 Å². The fourth-order valence-corrected chi connectivity index (χ4v) is 2.47. The molecule has 3 aromatic rings. The van der Waals surface area contributed by atoms with Crippen LogP contribution in [0, 0.1) is 5.82 Å². The first-order chi connectivity index (χ1) is 12.6. The molecule has 0 aliphatic heterocycles. The Labute approximate surface area is 149 Å². The lowest BCUT2D eigenvalue weighted by atomic mass is 10.1. The minimum Gasteiger partial charge on any atom is -0.497 e. The highest BCUT2D eigenvalue weighted by Gasteiger charge is 2.25. The van der Waals surface area contributed by atoms with Crippen LogP contribution in [-0.2, 0) is 11.3 Å². The molecule has 26 heavy (non-hydrogen) atoms. The zero-order chi connectivity index (χ0) is 18.5. The number of benzene rings is 2. The van der Waals surface area contributed by atoms with Crippen molar-refractivity contribution in [2.75, 3.05) is 19.5 Å². The number of esters is 1. The molecule has 1 N–H and O–H groups in total. The Morgan fingerprint density at radius 2 is 1.96 bits per heavy atom. The minimum absolute atomic E-state index is 0.155. The smallest absolute Gasteiger partial charge is 0.345 e. The molecular weight excluding hydrogens is 339 g/mol. The quantitative estimate of drug-likeness (QED) is 0.676. The first-order valence-electron chi connectivity index (χ1n) is 7.83. The van der Waals surface area contributed by atoms with Crippen LogP contribution >= 0.6 is 0 Å². The van der Waals surface area contributed by atoms with Crippen molar-refractivity contribution in [3.63, 3.8) is 0 Å². The number of carbonyl (C=O) groups excluding carboxylic acids is 1. The highest BCUT2D eigenvalue weighted by Crippen LogP contribution is 2.30. The molecule has 1 heterocycles. The molecule has 0 fully saturated rings. The van der Waals surface area contributed by atoms with Gasteiger partial charge in [-0.1, -0.05) is 17.3 Å². The number of hydrogen-bond donors (Lipinski definition) is 1. The Morgan fingerprint density at radius 3 is 2.65 bits per heavy atom. The van der Waals surface area contributed by atoms with Crippen LogP contribution in [-0.4, -0.2) is 25.3 Å². The summed E-state index contributed by atoms with van der Waals surface area (Å²) in [7, 11) is 2.86. The van der Waals surface area contributed by atoms with E-state index in [4.69, 9.17) is 14.0 Å². The molecule has 2 aromatic carbocycles. The van der Waals surface area contributed by atoms with Gasteiger partial charge in [-0.05, 0) is 42.0 Å². The van der Waals surface area contributed by atoms with Crippen molar-refractivity contribution in [2.24, 2.45) is 0 Å². The fraction of sp³-hybridized carbons (Fsp3) is 0.158. The van der Waals surface area contributed by atoms with Gasteiger partial charge in [0.1, 0.15) is 17.3 Å². The number of rotatable bonds is 6. The van der Waals surface area contributed by atoms with E-state index in [2.05, 4.69) is 10.5 Å². The van der Waals surface area contributed by atoms with Gasteiger partial charge in [-0.25, -0.2) is 9.18 Å². The van der Waals surface area contributed by atoms with Crippen LogP contribution in [0.4, 0.5) is 10.3 Å². The summed E-state index contributed by atoms with van der Waals surface area (Å²) < 4.78 is 28.5. The highest BCUT2D eigenvalue weighted by molar-refractivity contribution is 6.00. The Bertz CT molecular complexity index is 906. The third-order valence-electron chi connectivity index (χ3n) is 3.79. The van der Waals surface area contributed by atoms with Gasteiger partial charge in [-0.3, -0.25) is 0 Å². The van der Waals surface area contributed by atoms with Crippen LogP contribution in [0.15, 0.2) is 53.1 Å². The number of ether oxygens (including phenoxy) is 2. The lowest BCUT2D eigenvalue weighted by molar-refractivity contribution is 0.0602. The van der Waals surface area contributed by atoms with E-state index in [1.165, 1.54) is 31.4 Å². The standard InChI is InChI=1S/C19H17FN2O4/c1-24-15-5-3-4-12(10-15)11-21-18-16(19(23)25-2)17(22-26-18)13-6-8-14(20)9-7-13/h3-10,21H,11H2,1-2H3. The average molecular weight is 356 g/mol. The Hall–Kier alpha value is -3.35. The van der Waals surface area contributed by atoms with Gasteiger partial charge in [-0.2, -0.15) is 0 Å². The summed E-state index contributed by atoms with van der Waals surface area (Å²) in [4.78, 5) is 12.2. The lowest BCUT2D eigenvalue weighted by Crippen LogP contribution is -2.07. The number of aromatic nitrogens is 1. The molecule has 134 valence electrons. The molecule has 0 aliphatic rings. The molecule has 0 aliphatic carbocycles. The van der Waals surface area contributed by atoms with E-state index in [1.807, 2.05) is 24.3 Å². The van der Waals surface area contributed by atoms with E-state index in [-0.39, 0.29) is 23.0 Å². The van der Waals surface area contributed by atoms with Crippen molar-refractivity contribution < 1.29 is 23.2 Å². The first-order valence-corrected chi connectivity index (χ1v) is 7.83. The summed E-state index contributed by atoms with van der Waals surface area (Å²) in [5.41, 5.74) is 1.91. The number of hydrogen-bond acceptors (Lipinski definition) is 6. The summed E-state index contributed by atoms with van der Waals surface area (Å²) in [5.74, 6) is -0.0759. The third-order valence-corrected chi connectivity index (χ3v) is 3.79. The number of nitrogens with zero attached hydrogens (tertiary/aromatic N) is 1. The molecule has 6 nitrogen and oxygen atoms in total. The molecule has 0 unspecified atom stereocenters. The molecule has 0 spiro atoms. The van der Waals surface area contributed by atoms with Gasteiger partial charge in [0.25, 0.3) is 0 Å². The Kier molecular flexibility index (Phi) is 5.17. The fourth-order valence-electron chi connectivity index (χ4n) is 2.47. The van der Waals surface area contributed by atoms with Crippen LogP contribution in [0.25, 0.3) is 11.3 Å². The summed E-state index contributed by atoms with van der Waals surface area (Å²) >= 11 is 0. The second-order valence-corrected chi connectivity index (χ2v) is 5.44. The van der Waals surface area contributed by atoms with E-state index in [0.717, 1.165) is 11.3 Å². The maximum Gasteiger partial charge on any atom is 0.345 e.